The maximum Gasteiger partial charge on any atom is 0.0372 e. The van der Waals surface area contributed by atoms with Crippen molar-refractivity contribution in [1.82, 2.24) is 10.3 Å². The van der Waals surface area contributed by atoms with E-state index >= 15 is 0 Å². The predicted molar refractivity (Wildman–Crippen MR) is 69.5 cm³/mol. The Hall–Kier alpha value is -0.890. The van der Waals surface area contributed by atoms with Gasteiger partial charge in [0.1, 0.15) is 0 Å². The minimum atomic E-state index is 0.443. The minimum absolute atomic E-state index is 0.443. The van der Waals surface area contributed by atoms with E-state index in [9.17, 15) is 0 Å². The Kier molecular flexibility index (Phi) is 5.47. The molecule has 1 rings (SSSR count). The van der Waals surface area contributed by atoms with Crippen LogP contribution < -0.4 is 5.32 Å². The van der Waals surface area contributed by atoms with Crippen LogP contribution in [0.25, 0.3) is 0 Å². The zero-order valence-corrected chi connectivity index (χ0v) is 11.0. The highest BCUT2D eigenvalue weighted by Gasteiger charge is 2.14. The van der Waals surface area contributed by atoms with Crippen molar-refractivity contribution < 1.29 is 0 Å². The molecule has 0 spiro atoms. The second kappa shape index (κ2) is 6.64. The fraction of sp³-hybridized carbons (Fsp3) is 0.643. The van der Waals surface area contributed by atoms with E-state index in [0.29, 0.717) is 6.04 Å². The van der Waals surface area contributed by atoms with Gasteiger partial charge < -0.3 is 5.32 Å². The topological polar surface area (TPSA) is 24.9 Å². The molecule has 0 saturated heterocycles. The highest BCUT2D eigenvalue weighted by molar-refractivity contribution is 5.17. The van der Waals surface area contributed by atoms with Gasteiger partial charge in [-0.3, -0.25) is 4.98 Å². The first-order valence-corrected chi connectivity index (χ1v) is 6.31. The third kappa shape index (κ3) is 3.60. The molecule has 1 heterocycles. The second-order valence-electron chi connectivity index (χ2n) is 4.49. The summed E-state index contributed by atoms with van der Waals surface area (Å²) < 4.78 is 0. The summed E-state index contributed by atoms with van der Waals surface area (Å²) in [6.07, 6.45) is 5.72. The smallest absolute Gasteiger partial charge is 0.0372 e. The van der Waals surface area contributed by atoms with Gasteiger partial charge >= 0.3 is 0 Å². The summed E-state index contributed by atoms with van der Waals surface area (Å²) in [5.41, 5.74) is 2.39. The first-order valence-electron chi connectivity index (χ1n) is 6.31. The van der Waals surface area contributed by atoms with Crippen molar-refractivity contribution in [2.75, 3.05) is 7.05 Å². The minimum Gasteiger partial charge on any atom is -0.313 e. The normalized spacial score (nSPS) is 13.1. The van der Waals surface area contributed by atoms with Crippen molar-refractivity contribution in [3.63, 3.8) is 0 Å². The van der Waals surface area contributed by atoms with Gasteiger partial charge in [-0.2, -0.15) is 0 Å². The average molecular weight is 220 g/mol. The van der Waals surface area contributed by atoms with Crippen LogP contribution in [-0.4, -0.2) is 12.0 Å². The van der Waals surface area contributed by atoms with Gasteiger partial charge in [-0.05, 0) is 37.9 Å². The van der Waals surface area contributed by atoms with Crippen molar-refractivity contribution in [2.24, 2.45) is 5.92 Å². The van der Waals surface area contributed by atoms with Gasteiger partial charge in [0.2, 0.25) is 0 Å². The fourth-order valence-electron chi connectivity index (χ4n) is 2.06. The molecule has 0 aromatic carbocycles. The van der Waals surface area contributed by atoms with Crippen molar-refractivity contribution in [1.29, 1.82) is 0 Å². The van der Waals surface area contributed by atoms with Crippen LogP contribution in [0.15, 0.2) is 18.3 Å². The Morgan fingerprint density at radius 2 is 1.94 bits per heavy atom. The summed E-state index contributed by atoms with van der Waals surface area (Å²) in [5, 5.41) is 3.40. The zero-order chi connectivity index (χ0) is 12.0. The summed E-state index contributed by atoms with van der Waals surface area (Å²) in [5.74, 6) is 0.804. The van der Waals surface area contributed by atoms with Crippen LogP contribution in [-0.2, 0) is 0 Å². The van der Waals surface area contributed by atoms with E-state index in [-0.39, 0.29) is 0 Å². The lowest BCUT2D eigenvalue weighted by atomic mass is 9.92. The molecule has 90 valence electrons. The number of hydrogen-bond donors (Lipinski definition) is 1. The van der Waals surface area contributed by atoms with Crippen LogP contribution in [0.3, 0.4) is 0 Å². The Morgan fingerprint density at radius 1 is 1.25 bits per heavy atom. The van der Waals surface area contributed by atoms with Crippen molar-refractivity contribution in [3.8, 4) is 0 Å². The van der Waals surface area contributed by atoms with Crippen molar-refractivity contribution in [3.05, 3.63) is 29.6 Å². The van der Waals surface area contributed by atoms with Crippen LogP contribution in [0.4, 0.5) is 0 Å². The number of hydrogen-bond acceptors (Lipinski definition) is 2. The molecule has 0 amide bonds. The lowest BCUT2D eigenvalue weighted by molar-refractivity contribution is 0.385. The lowest BCUT2D eigenvalue weighted by Crippen LogP contribution is -2.19. The third-order valence-electron chi connectivity index (χ3n) is 3.41. The van der Waals surface area contributed by atoms with E-state index < -0.39 is 0 Å². The van der Waals surface area contributed by atoms with Gasteiger partial charge in [0.15, 0.2) is 0 Å². The molecule has 0 saturated carbocycles. The number of rotatable bonds is 6. The number of nitrogens with one attached hydrogen (secondary N) is 1. The summed E-state index contributed by atoms with van der Waals surface area (Å²) in [7, 11) is 2.03. The zero-order valence-electron chi connectivity index (χ0n) is 11.0. The SMILES string of the molecule is CCC(CC)CC(NC)c1ccc(C)nc1. The molecular weight excluding hydrogens is 196 g/mol. The Bertz CT molecular complexity index is 288. The number of nitrogens with zero attached hydrogens (tertiary/aromatic N) is 1. The second-order valence-corrected chi connectivity index (χ2v) is 4.49. The van der Waals surface area contributed by atoms with E-state index in [4.69, 9.17) is 0 Å². The number of aromatic nitrogens is 1. The molecule has 0 radical (unpaired) electrons. The van der Waals surface area contributed by atoms with Crippen LogP contribution >= 0.6 is 0 Å². The predicted octanol–water partition coefficient (Wildman–Crippen LogP) is 3.48. The third-order valence-corrected chi connectivity index (χ3v) is 3.41. The molecule has 1 aromatic heterocycles. The van der Waals surface area contributed by atoms with Gasteiger partial charge in [0.25, 0.3) is 0 Å². The molecule has 0 aliphatic rings. The summed E-state index contributed by atoms with van der Waals surface area (Å²) in [6.45, 7) is 6.57. The molecular formula is C14H24N2. The molecule has 1 atom stereocenters. The van der Waals surface area contributed by atoms with Crippen molar-refractivity contribution in [2.45, 2.75) is 46.1 Å². The fourth-order valence-corrected chi connectivity index (χ4v) is 2.06. The maximum absolute atomic E-state index is 4.37. The number of aryl methyl sites for hydroxylation is 1. The van der Waals surface area contributed by atoms with Gasteiger partial charge in [-0.25, -0.2) is 0 Å². The van der Waals surface area contributed by atoms with E-state index in [2.05, 4.69) is 36.3 Å². The molecule has 0 bridgehead atoms. The van der Waals surface area contributed by atoms with E-state index in [0.717, 1.165) is 11.6 Å². The van der Waals surface area contributed by atoms with Gasteiger partial charge in [-0.15, -0.1) is 0 Å². The van der Waals surface area contributed by atoms with Gasteiger partial charge in [-0.1, -0.05) is 32.8 Å². The van der Waals surface area contributed by atoms with Gasteiger partial charge in [0.05, 0.1) is 0 Å². The number of pyridine rings is 1. The van der Waals surface area contributed by atoms with E-state index in [1.807, 2.05) is 20.2 Å². The molecule has 0 fully saturated rings. The summed E-state index contributed by atoms with van der Waals surface area (Å²) >= 11 is 0. The molecule has 16 heavy (non-hydrogen) atoms. The highest BCUT2D eigenvalue weighted by atomic mass is 14.9. The molecule has 2 heteroatoms. The largest absolute Gasteiger partial charge is 0.313 e. The van der Waals surface area contributed by atoms with Gasteiger partial charge in [0, 0.05) is 17.9 Å². The quantitative estimate of drug-likeness (QED) is 0.794. The van der Waals surface area contributed by atoms with Crippen molar-refractivity contribution >= 4 is 0 Å². The molecule has 1 unspecified atom stereocenters. The molecule has 2 nitrogen and oxygen atoms in total. The molecule has 0 aliphatic heterocycles. The van der Waals surface area contributed by atoms with E-state index in [1.54, 1.807) is 0 Å². The Labute approximate surface area is 99.5 Å². The first kappa shape index (κ1) is 13.2. The molecule has 0 aliphatic carbocycles. The average Bonchev–Trinajstić information content (AvgIpc) is 2.32. The molecule has 1 N–H and O–H groups in total. The van der Waals surface area contributed by atoms with Crippen LogP contribution in [0.5, 0.6) is 0 Å². The standard InChI is InChI=1S/C14H24N2/c1-5-12(6-2)9-14(15-4)13-8-7-11(3)16-10-13/h7-8,10,12,14-15H,5-6,9H2,1-4H3. The monoisotopic (exact) mass is 220 g/mol. The molecule has 1 aromatic rings. The van der Waals surface area contributed by atoms with Crippen LogP contribution in [0, 0.1) is 12.8 Å². The maximum atomic E-state index is 4.37. The van der Waals surface area contributed by atoms with Crippen LogP contribution in [0.1, 0.15) is 50.4 Å². The highest BCUT2D eigenvalue weighted by Crippen LogP contribution is 2.24. The lowest BCUT2D eigenvalue weighted by Gasteiger charge is -2.21. The Balaban J connectivity index is 2.70. The van der Waals surface area contributed by atoms with Crippen LogP contribution in [0.2, 0.25) is 0 Å². The first-order chi connectivity index (χ1) is 7.71. The summed E-state index contributed by atoms with van der Waals surface area (Å²) in [4.78, 5) is 4.37. The Morgan fingerprint density at radius 3 is 2.38 bits per heavy atom. The summed E-state index contributed by atoms with van der Waals surface area (Å²) in [6, 6.07) is 4.72. The van der Waals surface area contributed by atoms with E-state index in [1.165, 1.54) is 24.8 Å².